The smallest absolute Gasteiger partial charge is 0.0424 e. The number of benzene rings is 2. The lowest BCUT2D eigenvalue weighted by Crippen LogP contribution is -2.32. The predicted molar refractivity (Wildman–Crippen MR) is 90.3 cm³/mol. The fraction of sp³-hybridized carbons (Fsp3) is 0.474. The number of rotatable bonds is 5. The van der Waals surface area contributed by atoms with Gasteiger partial charge in [-0.3, -0.25) is 0 Å². The summed E-state index contributed by atoms with van der Waals surface area (Å²) < 4.78 is 0. The van der Waals surface area contributed by atoms with Crippen molar-refractivity contribution in [2.24, 2.45) is 11.7 Å². The average molecular weight is 282 g/mol. The van der Waals surface area contributed by atoms with Crippen LogP contribution in [0.5, 0.6) is 0 Å². The van der Waals surface area contributed by atoms with Gasteiger partial charge in [-0.05, 0) is 48.2 Å². The third-order valence-electron chi connectivity index (χ3n) is 4.75. The van der Waals surface area contributed by atoms with E-state index in [1.165, 1.54) is 48.6 Å². The summed E-state index contributed by atoms with van der Waals surface area (Å²) in [6, 6.07) is 15.2. The van der Waals surface area contributed by atoms with Crippen LogP contribution in [-0.2, 0) is 0 Å². The first-order valence-electron chi connectivity index (χ1n) is 8.15. The summed E-state index contributed by atoms with van der Waals surface area (Å²) >= 11 is 0. The zero-order valence-electron chi connectivity index (χ0n) is 13.0. The molecule has 0 aliphatic heterocycles. The number of fused-ring (bicyclic) bond motifs is 1. The maximum atomic E-state index is 6.42. The zero-order chi connectivity index (χ0) is 14.7. The van der Waals surface area contributed by atoms with Crippen LogP contribution in [0.3, 0.4) is 0 Å². The fourth-order valence-electron chi connectivity index (χ4n) is 3.59. The van der Waals surface area contributed by atoms with Crippen LogP contribution in [0.4, 0.5) is 0 Å². The molecule has 1 aliphatic carbocycles. The highest BCUT2D eigenvalue weighted by Gasteiger charge is 2.18. The number of likely N-dealkylation sites (N-methyl/N-ethyl adjacent to an activating group) is 1. The van der Waals surface area contributed by atoms with Crippen LogP contribution in [0.25, 0.3) is 10.8 Å². The van der Waals surface area contributed by atoms with Gasteiger partial charge in [0.15, 0.2) is 0 Å². The Morgan fingerprint density at radius 2 is 1.81 bits per heavy atom. The molecule has 3 rings (SSSR count). The minimum atomic E-state index is 0.0982. The molecule has 0 bridgehead atoms. The summed E-state index contributed by atoms with van der Waals surface area (Å²) in [6.07, 6.45) is 5.62. The molecule has 0 aromatic heterocycles. The highest BCUT2D eigenvalue weighted by atomic mass is 15.1. The zero-order valence-corrected chi connectivity index (χ0v) is 13.0. The lowest BCUT2D eigenvalue weighted by atomic mass is 10.0. The minimum Gasteiger partial charge on any atom is -0.323 e. The van der Waals surface area contributed by atoms with Crippen LogP contribution in [0.15, 0.2) is 42.5 Å². The van der Waals surface area contributed by atoms with Crippen molar-refractivity contribution in [1.82, 2.24) is 4.90 Å². The summed E-state index contributed by atoms with van der Waals surface area (Å²) in [5, 5.41) is 2.57. The molecular weight excluding hydrogens is 256 g/mol. The first-order chi connectivity index (χ1) is 10.2. The van der Waals surface area contributed by atoms with Crippen molar-refractivity contribution >= 4 is 10.8 Å². The number of nitrogens with zero attached hydrogens (tertiary/aromatic N) is 1. The van der Waals surface area contributed by atoms with Crippen molar-refractivity contribution in [1.29, 1.82) is 0 Å². The molecule has 2 heteroatoms. The Morgan fingerprint density at radius 1 is 1.10 bits per heavy atom. The van der Waals surface area contributed by atoms with E-state index in [-0.39, 0.29) is 6.04 Å². The van der Waals surface area contributed by atoms with E-state index in [4.69, 9.17) is 5.73 Å². The van der Waals surface area contributed by atoms with E-state index in [0.717, 1.165) is 12.5 Å². The van der Waals surface area contributed by atoms with E-state index < -0.39 is 0 Å². The van der Waals surface area contributed by atoms with Crippen molar-refractivity contribution in [2.75, 3.05) is 20.1 Å². The normalized spacial score (nSPS) is 17.7. The van der Waals surface area contributed by atoms with Gasteiger partial charge in [0.05, 0.1) is 0 Å². The van der Waals surface area contributed by atoms with Gasteiger partial charge in [-0.15, -0.1) is 0 Å². The Kier molecular flexibility index (Phi) is 4.57. The average Bonchev–Trinajstić information content (AvgIpc) is 2.99. The third-order valence-corrected chi connectivity index (χ3v) is 4.75. The quantitative estimate of drug-likeness (QED) is 0.899. The molecule has 2 N–H and O–H groups in total. The molecule has 0 saturated heterocycles. The second-order valence-corrected chi connectivity index (χ2v) is 6.58. The lowest BCUT2D eigenvalue weighted by Gasteiger charge is -2.24. The summed E-state index contributed by atoms with van der Waals surface area (Å²) in [7, 11) is 2.21. The van der Waals surface area contributed by atoms with Crippen LogP contribution in [0, 0.1) is 5.92 Å². The van der Waals surface area contributed by atoms with Crippen molar-refractivity contribution < 1.29 is 0 Å². The second-order valence-electron chi connectivity index (χ2n) is 6.58. The Labute approximate surface area is 127 Å². The maximum Gasteiger partial charge on any atom is 0.0424 e. The minimum absolute atomic E-state index is 0.0982. The van der Waals surface area contributed by atoms with Gasteiger partial charge in [0.2, 0.25) is 0 Å². The first kappa shape index (κ1) is 14.6. The standard InChI is InChI=1S/C19H26N2/c1-21(13-15-6-2-3-7-15)14-19(20)18-11-10-16-8-4-5-9-17(16)12-18/h4-5,8-12,15,19H,2-3,6-7,13-14,20H2,1H3. The highest BCUT2D eigenvalue weighted by Crippen LogP contribution is 2.26. The van der Waals surface area contributed by atoms with Gasteiger partial charge < -0.3 is 10.6 Å². The third kappa shape index (κ3) is 3.63. The van der Waals surface area contributed by atoms with Crippen LogP contribution in [0.1, 0.15) is 37.3 Å². The van der Waals surface area contributed by atoms with Crippen LogP contribution in [-0.4, -0.2) is 25.0 Å². The lowest BCUT2D eigenvalue weighted by molar-refractivity contribution is 0.264. The molecule has 112 valence electrons. The van der Waals surface area contributed by atoms with E-state index >= 15 is 0 Å². The second kappa shape index (κ2) is 6.59. The molecular formula is C19H26N2. The van der Waals surface area contributed by atoms with E-state index in [0.29, 0.717) is 0 Å². The highest BCUT2D eigenvalue weighted by molar-refractivity contribution is 5.83. The maximum absolute atomic E-state index is 6.42. The summed E-state index contributed by atoms with van der Waals surface area (Å²) in [6.45, 7) is 2.14. The van der Waals surface area contributed by atoms with Gasteiger partial charge in [0.25, 0.3) is 0 Å². The van der Waals surface area contributed by atoms with E-state index in [1.54, 1.807) is 0 Å². The molecule has 0 amide bonds. The van der Waals surface area contributed by atoms with E-state index in [2.05, 4.69) is 54.4 Å². The Morgan fingerprint density at radius 3 is 2.57 bits per heavy atom. The molecule has 21 heavy (non-hydrogen) atoms. The Hall–Kier alpha value is -1.38. The molecule has 1 saturated carbocycles. The molecule has 0 heterocycles. The topological polar surface area (TPSA) is 29.3 Å². The first-order valence-corrected chi connectivity index (χ1v) is 8.15. The monoisotopic (exact) mass is 282 g/mol. The largest absolute Gasteiger partial charge is 0.323 e. The van der Waals surface area contributed by atoms with E-state index in [1.807, 2.05) is 0 Å². The fourth-order valence-corrected chi connectivity index (χ4v) is 3.59. The van der Waals surface area contributed by atoms with Gasteiger partial charge >= 0.3 is 0 Å². The number of hydrogen-bond donors (Lipinski definition) is 1. The molecule has 2 aromatic carbocycles. The molecule has 1 aliphatic rings. The van der Waals surface area contributed by atoms with Crippen molar-refractivity contribution in [3.05, 3.63) is 48.0 Å². The molecule has 2 nitrogen and oxygen atoms in total. The van der Waals surface area contributed by atoms with Crippen molar-refractivity contribution in [3.63, 3.8) is 0 Å². The molecule has 1 unspecified atom stereocenters. The molecule has 2 aromatic rings. The SMILES string of the molecule is CN(CC1CCCC1)CC(N)c1ccc2ccccc2c1. The van der Waals surface area contributed by atoms with Gasteiger partial charge in [-0.1, -0.05) is 49.2 Å². The van der Waals surface area contributed by atoms with Crippen molar-refractivity contribution in [3.8, 4) is 0 Å². The van der Waals surface area contributed by atoms with Gasteiger partial charge in [0.1, 0.15) is 0 Å². The molecule has 0 spiro atoms. The van der Waals surface area contributed by atoms with Crippen LogP contribution >= 0.6 is 0 Å². The molecule has 0 radical (unpaired) electrons. The number of hydrogen-bond acceptors (Lipinski definition) is 2. The van der Waals surface area contributed by atoms with Crippen LogP contribution < -0.4 is 5.73 Å². The van der Waals surface area contributed by atoms with Gasteiger partial charge in [-0.2, -0.15) is 0 Å². The summed E-state index contributed by atoms with van der Waals surface area (Å²) in [5.41, 5.74) is 7.66. The summed E-state index contributed by atoms with van der Waals surface area (Å²) in [5.74, 6) is 0.888. The van der Waals surface area contributed by atoms with Gasteiger partial charge in [-0.25, -0.2) is 0 Å². The number of nitrogens with two attached hydrogens (primary N) is 1. The summed E-state index contributed by atoms with van der Waals surface area (Å²) in [4.78, 5) is 2.41. The van der Waals surface area contributed by atoms with Crippen molar-refractivity contribution in [2.45, 2.75) is 31.7 Å². The molecule has 1 atom stereocenters. The molecule has 1 fully saturated rings. The predicted octanol–water partition coefficient (Wildman–Crippen LogP) is 3.96. The Balaban J connectivity index is 1.63. The van der Waals surface area contributed by atoms with Crippen LogP contribution in [0.2, 0.25) is 0 Å². The van der Waals surface area contributed by atoms with Gasteiger partial charge in [0, 0.05) is 19.1 Å². The van der Waals surface area contributed by atoms with E-state index in [9.17, 15) is 0 Å². The Bertz CT molecular complexity index is 587.